The van der Waals surface area contributed by atoms with Crippen LogP contribution in [0.5, 0.6) is 0 Å². The van der Waals surface area contributed by atoms with Gasteiger partial charge in [-0.2, -0.15) is 0 Å². The summed E-state index contributed by atoms with van der Waals surface area (Å²) >= 11 is 0. The molecular formula is C14H25N. The highest BCUT2D eigenvalue weighted by Crippen LogP contribution is 2.28. The molecule has 1 rings (SSSR count). The first-order chi connectivity index (χ1) is 6.91. The molecule has 1 fully saturated rings. The van der Waals surface area contributed by atoms with Crippen molar-refractivity contribution >= 4 is 0 Å². The maximum absolute atomic E-state index is 4.13. The van der Waals surface area contributed by atoms with Crippen LogP contribution in [0.15, 0.2) is 24.4 Å². The van der Waals surface area contributed by atoms with Crippen molar-refractivity contribution in [3.05, 3.63) is 24.4 Å². The smallest absolute Gasteiger partial charge is 0.0301 e. The van der Waals surface area contributed by atoms with Gasteiger partial charge in [0, 0.05) is 11.7 Å². The summed E-state index contributed by atoms with van der Waals surface area (Å²) in [4.78, 5) is 0. The average Bonchev–Trinajstić information content (AvgIpc) is 2.16. The first-order valence-electron chi connectivity index (χ1n) is 6.06. The zero-order chi connectivity index (χ0) is 11.5. The topological polar surface area (TPSA) is 12.0 Å². The van der Waals surface area contributed by atoms with Crippen LogP contribution in [0.25, 0.3) is 0 Å². The van der Waals surface area contributed by atoms with E-state index in [0.717, 1.165) is 11.3 Å². The fraction of sp³-hybridized carbons (Fsp3) is 0.714. The van der Waals surface area contributed by atoms with E-state index in [4.69, 9.17) is 0 Å². The molecule has 0 radical (unpaired) electrons. The van der Waals surface area contributed by atoms with Crippen LogP contribution in [-0.2, 0) is 0 Å². The highest BCUT2D eigenvalue weighted by molar-refractivity contribution is 5.29. The van der Waals surface area contributed by atoms with E-state index in [2.05, 4.69) is 39.2 Å². The molecule has 0 spiro atoms. The molecular weight excluding hydrogens is 182 g/mol. The molecule has 86 valence electrons. The first kappa shape index (κ1) is 12.4. The van der Waals surface area contributed by atoms with Gasteiger partial charge in [-0.25, -0.2) is 0 Å². The van der Waals surface area contributed by atoms with E-state index >= 15 is 0 Å². The van der Waals surface area contributed by atoms with Crippen molar-refractivity contribution in [1.29, 1.82) is 0 Å². The molecule has 0 unspecified atom stereocenters. The van der Waals surface area contributed by atoms with E-state index in [9.17, 15) is 0 Å². The van der Waals surface area contributed by atoms with Crippen LogP contribution in [0, 0.1) is 5.41 Å². The standard InChI is InChI=1S/C14H25N/c1-11(14(3,4)5)12(2)15-13-9-7-6-8-10-13/h13,15H,1-2,6-10H2,3-5H3. The average molecular weight is 207 g/mol. The van der Waals surface area contributed by atoms with Crippen molar-refractivity contribution in [2.45, 2.75) is 58.9 Å². The van der Waals surface area contributed by atoms with Crippen molar-refractivity contribution in [1.82, 2.24) is 5.32 Å². The summed E-state index contributed by atoms with van der Waals surface area (Å²) in [6.07, 6.45) is 6.68. The van der Waals surface area contributed by atoms with Gasteiger partial charge in [0.2, 0.25) is 0 Å². The lowest BCUT2D eigenvalue weighted by Crippen LogP contribution is -2.32. The summed E-state index contributed by atoms with van der Waals surface area (Å²) in [5, 5.41) is 3.53. The lowest BCUT2D eigenvalue weighted by molar-refractivity contribution is 0.391. The number of nitrogens with one attached hydrogen (secondary N) is 1. The number of rotatable bonds is 3. The van der Waals surface area contributed by atoms with Gasteiger partial charge in [0.05, 0.1) is 0 Å². The molecule has 1 nitrogen and oxygen atoms in total. The minimum atomic E-state index is 0.124. The minimum Gasteiger partial charge on any atom is -0.383 e. The zero-order valence-electron chi connectivity index (χ0n) is 10.5. The Balaban J connectivity index is 2.44. The molecule has 0 heterocycles. The lowest BCUT2D eigenvalue weighted by atomic mass is 9.85. The minimum absolute atomic E-state index is 0.124. The molecule has 0 aliphatic heterocycles. The van der Waals surface area contributed by atoms with E-state index in [0.29, 0.717) is 6.04 Å². The van der Waals surface area contributed by atoms with Gasteiger partial charge in [-0.05, 0) is 23.8 Å². The van der Waals surface area contributed by atoms with Crippen LogP contribution in [0.2, 0.25) is 0 Å². The molecule has 1 saturated carbocycles. The summed E-state index contributed by atoms with van der Waals surface area (Å²) in [5.74, 6) is 0. The second kappa shape index (κ2) is 4.87. The quantitative estimate of drug-likeness (QED) is 0.689. The summed E-state index contributed by atoms with van der Waals surface area (Å²) < 4.78 is 0. The monoisotopic (exact) mass is 207 g/mol. The Morgan fingerprint density at radius 1 is 1.07 bits per heavy atom. The van der Waals surface area contributed by atoms with Gasteiger partial charge in [0.1, 0.15) is 0 Å². The molecule has 0 bridgehead atoms. The van der Waals surface area contributed by atoms with Crippen molar-refractivity contribution in [2.75, 3.05) is 0 Å². The van der Waals surface area contributed by atoms with E-state index in [1.807, 2.05) is 0 Å². The number of hydrogen-bond acceptors (Lipinski definition) is 1. The third-order valence-corrected chi connectivity index (χ3v) is 3.25. The normalized spacial score (nSPS) is 18.6. The van der Waals surface area contributed by atoms with E-state index < -0.39 is 0 Å². The molecule has 1 heteroatoms. The molecule has 0 aromatic rings. The Kier molecular flexibility index (Phi) is 4.01. The van der Waals surface area contributed by atoms with Crippen LogP contribution < -0.4 is 5.32 Å². The third kappa shape index (κ3) is 3.73. The van der Waals surface area contributed by atoms with Crippen molar-refractivity contribution in [3.8, 4) is 0 Å². The molecule has 1 aliphatic carbocycles. The highest BCUT2D eigenvalue weighted by atomic mass is 14.9. The molecule has 0 aromatic heterocycles. The molecule has 1 aliphatic rings. The van der Waals surface area contributed by atoms with Crippen molar-refractivity contribution in [2.24, 2.45) is 5.41 Å². The second-order valence-corrected chi connectivity index (χ2v) is 5.69. The Morgan fingerprint density at radius 2 is 1.60 bits per heavy atom. The van der Waals surface area contributed by atoms with Crippen LogP contribution in [0.1, 0.15) is 52.9 Å². The maximum atomic E-state index is 4.13. The highest BCUT2D eigenvalue weighted by Gasteiger charge is 2.20. The van der Waals surface area contributed by atoms with Gasteiger partial charge in [-0.1, -0.05) is 53.2 Å². The van der Waals surface area contributed by atoms with E-state index in [1.54, 1.807) is 0 Å². The summed E-state index contributed by atoms with van der Waals surface area (Å²) in [6.45, 7) is 14.8. The van der Waals surface area contributed by atoms with Crippen LogP contribution in [0.3, 0.4) is 0 Å². The number of hydrogen-bond donors (Lipinski definition) is 1. The third-order valence-electron chi connectivity index (χ3n) is 3.25. The van der Waals surface area contributed by atoms with Crippen LogP contribution in [0.4, 0.5) is 0 Å². The Bertz CT molecular complexity index is 239. The molecule has 0 saturated heterocycles. The van der Waals surface area contributed by atoms with Gasteiger partial charge < -0.3 is 5.32 Å². The Hall–Kier alpha value is -0.720. The fourth-order valence-electron chi connectivity index (χ4n) is 2.03. The molecule has 15 heavy (non-hydrogen) atoms. The second-order valence-electron chi connectivity index (χ2n) is 5.69. The summed E-state index contributed by atoms with van der Waals surface area (Å²) in [7, 11) is 0. The summed E-state index contributed by atoms with van der Waals surface area (Å²) in [5.41, 5.74) is 2.29. The summed E-state index contributed by atoms with van der Waals surface area (Å²) in [6, 6.07) is 0.630. The Morgan fingerprint density at radius 3 is 2.07 bits per heavy atom. The predicted molar refractivity (Wildman–Crippen MR) is 67.7 cm³/mol. The largest absolute Gasteiger partial charge is 0.383 e. The SMILES string of the molecule is C=C(NC1CCCCC1)C(=C)C(C)(C)C. The zero-order valence-corrected chi connectivity index (χ0v) is 10.5. The van der Waals surface area contributed by atoms with E-state index in [1.165, 1.54) is 32.1 Å². The fourth-order valence-corrected chi connectivity index (χ4v) is 2.03. The predicted octanol–water partition coefficient (Wildman–Crippen LogP) is 4.02. The molecule has 0 atom stereocenters. The number of allylic oxidation sites excluding steroid dienone is 1. The van der Waals surface area contributed by atoms with Crippen molar-refractivity contribution in [3.63, 3.8) is 0 Å². The van der Waals surface area contributed by atoms with Gasteiger partial charge in [0.25, 0.3) is 0 Å². The molecule has 0 amide bonds. The first-order valence-corrected chi connectivity index (χ1v) is 6.06. The van der Waals surface area contributed by atoms with Crippen molar-refractivity contribution < 1.29 is 0 Å². The van der Waals surface area contributed by atoms with Gasteiger partial charge in [-0.15, -0.1) is 0 Å². The maximum Gasteiger partial charge on any atom is 0.0301 e. The van der Waals surface area contributed by atoms with E-state index in [-0.39, 0.29) is 5.41 Å². The van der Waals surface area contributed by atoms with Crippen LogP contribution in [-0.4, -0.2) is 6.04 Å². The van der Waals surface area contributed by atoms with Crippen LogP contribution >= 0.6 is 0 Å². The Labute approximate surface area is 94.6 Å². The molecule has 1 N–H and O–H groups in total. The van der Waals surface area contributed by atoms with Gasteiger partial charge in [0.15, 0.2) is 0 Å². The van der Waals surface area contributed by atoms with Gasteiger partial charge in [-0.3, -0.25) is 0 Å². The lowest BCUT2D eigenvalue weighted by Gasteiger charge is -2.29. The van der Waals surface area contributed by atoms with Gasteiger partial charge >= 0.3 is 0 Å². The molecule has 0 aromatic carbocycles.